The van der Waals surface area contributed by atoms with Crippen molar-refractivity contribution >= 4 is 5.91 Å². The minimum Gasteiger partial charge on any atom is -0.394 e. The number of rotatable bonds is 2. The smallest absolute Gasteiger partial charge is 0.240 e. The van der Waals surface area contributed by atoms with Gasteiger partial charge in [0.25, 0.3) is 0 Å². The normalized spacial score (nSPS) is 26.4. The molecule has 1 heterocycles. The number of nitrogens with two attached hydrogens (primary N) is 1. The van der Waals surface area contributed by atoms with Crippen LogP contribution in [0.1, 0.15) is 6.92 Å². The van der Waals surface area contributed by atoms with E-state index in [1.54, 1.807) is 0 Å². The molecule has 1 amide bonds. The maximum Gasteiger partial charge on any atom is 0.240 e. The number of primary amides is 1. The zero-order valence-electron chi connectivity index (χ0n) is 6.49. The summed E-state index contributed by atoms with van der Waals surface area (Å²) in [6.07, 6.45) is 1.53. The van der Waals surface area contributed by atoms with E-state index in [9.17, 15) is 4.79 Å². The van der Waals surface area contributed by atoms with Crippen LogP contribution in [-0.4, -0.2) is 29.8 Å². The zero-order valence-corrected chi connectivity index (χ0v) is 6.49. The summed E-state index contributed by atoms with van der Waals surface area (Å²) in [6, 6.07) is 0. The molecule has 1 fully saturated rings. The highest BCUT2D eigenvalue weighted by atomic mass is 16.6. The Morgan fingerprint density at radius 2 is 2.27 bits per heavy atom. The number of hydrogen-bond acceptors (Lipinski definition) is 3. The minimum absolute atomic E-state index is 0.157. The van der Waals surface area contributed by atoms with Gasteiger partial charge in [-0.2, -0.15) is 0 Å². The van der Waals surface area contributed by atoms with E-state index in [-0.39, 0.29) is 12.7 Å². The number of ether oxygens (including phenoxy) is 1. The Hall–Kier alpha value is -0.870. The Bertz CT molecular complexity index is 145. The van der Waals surface area contributed by atoms with Gasteiger partial charge in [-0.15, -0.1) is 0 Å². The van der Waals surface area contributed by atoms with Crippen LogP contribution in [0.5, 0.6) is 0 Å². The predicted molar refractivity (Wildman–Crippen MR) is 40.8 cm³/mol. The third-order valence-electron chi connectivity index (χ3n) is 1.22. The standard InChI is InChI=1S/C4H8O2.C3H5NO/c1-3-4(2-5)6-3;1-2-3(4)5/h3-5H,2H2,1H3;2H,1H2,(H2,4,5). The van der Waals surface area contributed by atoms with Crippen molar-refractivity contribution in [2.24, 2.45) is 5.73 Å². The molecule has 4 nitrogen and oxygen atoms in total. The van der Waals surface area contributed by atoms with Crippen LogP contribution in [0.4, 0.5) is 0 Å². The lowest BCUT2D eigenvalue weighted by Crippen LogP contribution is -2.04. The summed E-state index contributed by atoms with van der Waals surface area (Å²) >= 11 is 0. The van der Waals surface area contributed by atoms with E-state index in [0.29, 0.717) is 6.10 Å². The van der Waals surface area contributed by atoms with Gasteiger partial charge >= 0.3 is 0 Å². The van der Waals surface area contributed by atoms with Crippen molar-refractivity contribution in [3.63, 3.8) is 0 Å². The van der Waals surface area contributed by atoms with E-state index in [2.05, 4.69) is 12.3 Å². The van der Waals surface area contributed by atoms with Gasteiger partial charge in [-0.25, -0.2) is 0 Å². The van der Waals surface area contributed by atoms with Gasteiger partial charge in [0, 0.05) is 0 Å². The van der Waals surface area contributed by atoms with E-state index in [0.717, 1.165) is 6.08 Å². The van der Waals surface area contributed by atoms with Crippen molar-refractivity contribution < 1.29 is 14.6 Å². The second-order valence-electron chi connectivity index (χ2n) is 2.17. The molecule has 2 atom stereocenters. The van der Waals surface area contributed by atoms with Crippen LogP contribution in [0, 0.1) is 0 Å². The topological polar surface area (TPSA) is 75.9 Å². The number of carbonyl (C=O) groups is 1. The fourth-order valence-corrected chi connectivity index (χ4v) is 0.422. The Kier molecular flexibility index (Phi) is 4.49. The lowest BCUT2D eigenvalue weighted by Gasteiger charge is -1.73. The second-order valence-corrected chi connectivity index (χ2v) is 2.17. The highest BCUT2D eigenvalue weighted by Gasteiger charge is 2.32. The predicted octanol–water partition coefficient (Wildman–Crippen LogP) is -0.576. The number of carbonyl (C=O) groups excluding carboxylic acids is 1. The summed E-state index contributed by atoms with van der Waals surface area (Å²) < 4.78 is 4.82. The molecule has 11 heavy (non-hydrogen) atoms. The van der Waals surface area contributed by atoms with E-state index in [1.165, 1.54) is 0 Å². The quantitative estimate of drug-likeness (QED) is 0.418. The van der Waals surface area contributed by atoms with Gasteiger partial charge in [-0.1, -0.05) is 6.58 Å². The number of aliphatic hydroxyl groups excluding tert-OH is 1. The first-order chi connectivity index (χ1) is 5.11. The second kappa shape index (κ2) is 4.87. The number of hydrogen-bond donors (Lipinski definition) is 2. The molecule has 1 aliphatic heterocycles. The maximum absolute atomic E-state index is 9.47. The van der Waals surface area contributed by atoms with Gasteiger partial charge < -0.3 is 15.6 Å². The van der Waals surface area contributed by atoms with E-state index in [4.69, 9.17) is 9.84 Å². The van der Waals surface area contributed by atoms with Gasteiger partial charge in [-0.05, 0) is 13.0 Å². The van der Waals surface area contributed by atoms with Gasteiger partial charge in [-0.3, -0.25) is 4.79 Å². The molecule has 0 spiro atoms. The number of amides is 1. The van der Waals surface area contributed by atoms with Gasteiger partial charge in [0.05, 0.1) is 12.7 Å². The summed E-state index contributed by atoms with van der Waals surface area (Å²) in [5, 5.41) is 8.25. The van der Waals surface area contributed by atoms with Crippen LogP contribution in [0.15, 0.2) is 12.7 Å². The Labute approximate surface area is 65.6 Å². The van der Waals surface area contributed by atoms with Crippen molar-refractivity contribution in [3.05, 3.63) is 12.7 Å². The first-order valence-corrected chi connectivity index (χ1v) is 3.30. The molecule has 0 radical (unpaired) electrons. The molecular formula is C7H13NO3. The van der Waals surface area contributed by atoms with E-state index >= 15 is 0 Å². The van der Waals surface area contributed by atoms with Crippen molar-refractivity contribution in [1.29, 1.82) is 0 Å². The summed E-state index contributed by atoms with van der Waals surface area (Å²) in [7, 11) is 0. The van der Waals surface area contributed by atoms with E-state index < -0.39 is 5.91 Å². The van der Waals surface area contributed by atoms with Crippen LogP contribution < -0.4 is 5.73 Å². The highest BCUT2D eigenvalue weighted by Crippen LogP contribution is 2.18. The molecule has 3 N–H and O–H groups in total. The molecule has 0 aliphatic carbocycles. The summed E-state index contributed by atoms with van der Waals surface area (Å²) in [4.78, 5) is 9.47. The average Bonchev–Trinajstić information content (AvgIpc) is 2.67. The van der Waals surface area contributed by atoms with Crippen LogP contribution in [-0.2, 0) is 9.53 Å². The number of aliphatic hydroxyl groups is 1. The molecule has 2 unspecified atom stereocenters. The largest absolute Gasteiger partial charge is 0.394 e. The molecule has 0 bridgehead atoms. The van der Waals surface area contributed by atoms with Gasteiger partial charge in [0.1, 0.15) is 6.10 Å². The van der Waals surface area contributed by atoms with Gasteiger partial charge in [0.2, 0.25) is 5.91 Å². The molecule has 4 heteroatoms. The number of epoxide rings is 1. The maximum atomic E-state index is 9.47. The van der Waals surface area contributed by atoms with Crippen molar-refractivity contribution in [2.75, 3.05) is 6.61 Å². The highest BCUT2D eigenvalue weighted by molar-refractivity contribution is 5.84. The first kappa shape index (κ1) is 10.1. The molecule has 0 saturated carbocycles. The summed E-state index contributed by atoms with van der Waals surface area (Å²) in [5.74, 6) is -0.481. The van der Waals surface area contributed by atoms with Crippen LogP contribution >= 0.6 is 0 Å². The Morgan fingerprint density at radius 3 is 2.27 bits per heavy atom. The molecule has 1 rings (SSSR count). The van der Waals surface area contributed by atoms with Gasteiger partial charge in [0.15, 0.2) is 0 Å². The zero-order chi connectivity index (χ0) is 8.85. The molecule has 0 aromatic rings. The third-order valence-corrected chi connectivity index (χ3v) is 1.22. The van der Waals surface area contributed by atoms with Crippen molar-refractivity contribution in [2.45, 2.75) is 19.1 Å². The van der Waals surface area contributed by atoms with Crippen molar-refractivity contribution in [1.82, 2.24) is 0 Å². The Balaban J connectivity index is 0.000000187. The first-order valence-electron chi connectivity index (χ1n) is 3.30. The molecule has 1 saturated heterocycles. The monoisotopic (exact) mass is 159 g/mol. The van der Waals surface area contributed by atoms with Crippen LogP contribution in [0.25, 0.3) is 0 Å². The molecule has 1 aliphatic rings. The van der Waals surface area contributed by atoms with E-state index in [1.807, 2.05) is 6.92 Å². The fraction of sp³-hybridized carbons (Fsp3) is 0.571. The molecule has 0 aromatic heterocycles. The fourth-order valence-electron chi connectivity index (χ4n) is 0.422. The Morgan fingerprint density at radius 1 is 1.91 bits per heavy atom. The molecule has 64 valence electrons. The van der Waals surface area contributed by atoms with Crippen LogP contribution in [0.3, 0.4) is 0 Å². The molecule has 0 aromatic carbocycles. The summed E-state index contributed by atoms with van der Waals surface area (Å²) in [5.41, 5.74) is 4.53. The molecular weight excluding hydrogens is 146 g/mol. The van der Waals surface area contributed by atoms with Crippen LogP contribution in [0.2, 0.25) is 0 Å². The van der Waals surface area contributed by atoms with Crippen molar-refractivity contribution in [3.8, 4) is 0 Å². The average molecular weight is 159 g/mol. The summed E-state index contributed by atoms with van der Waals surface area (Å²) in [6.45, 7) is 5.21. The lowest BCUT2D eigenvalue weighted by atomic mass is 10.4. The lowest BCUT2D eigenvalue weighted by molar-refractivity contribution is -0.113. The SMILES string of the molecule is C=CC(N)=O.CC1OC1CO. The minimum atomic E-state index is -0.481. The third kappa shape index (κ3) is 5.57.